The van der Waals surface area contributed by atoms with Gasteiger partial charge in [-0.3, -0.25) is 9.59 Å². The Morgan fingerprint density at radius 3 is 2.09 bits per heavy atom. The molecule has 0 saturated carbocycles. The first-order chi connectivity index (χ1) is 15.5. The Balaban J connectivity index is 1.79. The van der Waals surface area contributed by atoms with Gasteiger partial charge < -0.3 is 9.80 Å². The van der Waals surface area contributed by atoms with Crippen LogP contribution in [-0.4, -0.2) is 34.2 Å². The van der Waals surface area contributed by atoms with Crippen LogP contribution in [-0.2, 0) is 22.7 Å². The summed E-state index contributed by atoms with van der Waals surface area (Å²) < 4.78 is 0. The molecule has 2 aromatic carbocycles. The highest BCUT2D eigenvalue weighted by atomic mass is 32.1. The summed E-state index contributed by atoms with van der Waals surface area (Å²) >= 11 is 1.64. The molecule has 5 heteroatoms. The van der Waals surface area contributed by atoms with Crippen LogP contribution in [0.3, 0.4) is 0 Å². The van der Waals surface area contributed by atoms with Crippen molar-refractivity contribution in [2.24, 2.45) is 0 Å². The van der Waals surface area contributed by atoms with E-state index >= 15 is 0 Å². The summed E-state index contributed by atoms with van der Waals surface area (Å²) in [5.74, 6) is -0.267. The fourth-order valence-corrected chi connectivity index (χ4v) is 4.55. The van der Waals surface area contributed by atoms with Gasteiger partial charge in [-0.05, 0) is 42.8 Å². The Kier molecular flexibility index (Phi) is 8.63. The minimum Gasteiger partial charge on any atom is -0.332 e. The van der Waals surface area contributed by atoms with Gasteiger partial charge in [-0.1, -0.05) is 73.7 Å². The lowest BCUT2D eigenvalue weighted by atomic mass is 9.94. The third kappa shape index (κ3) is 6.30. The molecule has 168 valence electrons. The van der Waals surface area contributed by atoms with Crippen LogP contribution < -0.4 is 0 Å². The normalized spacial score (nSPS) is 11.9. The molecule has 3 rings (SSSR count). The SMILES string of the molecule is CCC(C(=O)N(CC(=O)N(Cc1ccccc1)Cc1cccs1)C(C)C)c1ccccc1. The molecule has 3 aromatic rings. The zero-order valence-electron chi connectivity index (χ0n) is 19.1. The lowest BCUT2D eigenvalue weighted by molar-refractivity contribution is -0.143. The van der Waals surface area contributed by atoms with Gasteiger partial charge in [0.1, 0.15) is 6.54 Å². The van der Waals surface area contributed by atoms with E-state index < -0.39 is 0 Å². The van der Waals surface area contributed by atoms with Gasteiger partial charge in [-0.15, -0.1) is 11.3 Å². The average molecular weight is 449 g/mol. The minimum atomic E-state index is -0.244. The summed E-state index contributed by atoms with van der Waals surface area (Å²) in [5.41, 5.74) is 2.08. The van der Waals surface area contributed by atoms with Crippen molar-refractivity contribution in [1.82, 2.24) is 9.80 Å². The van der Waals surface area contributed by atoms with Crippen LogP contribution in [0.15, 0.2) is 78.2 Å². The first-order valence-corrected chi connectivity index (χ1v) is 12.1. The molecule has 1 atom stereocenters. The molecule has 2 amide bonds. The fourth-order valence-electron chi connectivity index (χ4n) is 3.83. The van der Waals surface area contributed by atoms with Crippen LogP contribution in [0.2, 0.25) is 0 Å². The van der Waals surface area contributed by atoms with E-state index in [2.05, 4.69) is 0 Å². The molecule has 0 aliphatic carbocycles. The van der Waals surface area contributed by atoms with E-state index in [1.807, 2.05) is 104 Å². The largest absolute Gasteiger partial charge is 0.332 e. The predicted octanol–water partition coefficient (Wildman–Crippen LogP) is 5.71. The number of thiophene rings is 1. The molecule has 4 nitrogen and oxygen atoms in total. The molecule has 0 spiro atoms. The molecule has 32 heavy (non-hydrogen) atoms. The van der Waals surface area contributed by atoms with E-state index in [1.54, 1.807) is 16.2 Å². The van der Waals surface area contributed by atoms with Crippen molar-refractivity contribution < 1.29 is 9.59 Å². The van der Waals surface area contributed by atoms with E-state index in [-0.39, 0.29) is 30.3 Å². The van der Waals surface area contributed by atoms with Crippen LogP contribution in [0, 0.1) is 0 Å². The van der Waals surface area contributed by atoms with Gasteiger partial charge >= 0.3 is 0 Å². The van der Waals surface area contributed by atoms with E-state index in [9.17, 15) is 9.59 Å². The number of benzene rings is 2. The van der Waals surface area contributed by atoms with Crippen molar-refractivity contribution in [2.75, 3.05) is 6.54 Å². The van der Waals surface area contributed by atoms with Crippen molar-refractivity contribution in [2.45, 2.75) is 52.2 Å². The standard InChI is InChI=1S/C27H32N2O2S/c1-4-25(23-14-9-6-10-15-23)27(31)29(21(2)3)20-26(30)28(19-24-16-11-17-32-24)18-22-12-7-5-8-13-22/h5-17,21,25H,4,18-20H2,1-3H3. The molecule has 1 unspecified atom stereocenters. The maximum absolute atomic E-state index is 13.5. The molecular weight excluding hydrogens is 416 g/mol. The first kappa shape index (κ1) is 23.7. The van der Waals surface area contributed by atoms with Gasteiger partial charge in [0.05, 0.1) is 12.5 Å². The van der Waals surface area contributed by atoms with Gasteiger partial charge in [0, 0.05) is 17.5 Å². The molecule has 0 radical (unpaired) electrons. The Morgan fingerprint density at radius 2 is 1.53 bits per heavy atom. The maximum Gasteiger partial charge on any atom is 0.242 e. The fraction of sp³-hybridized carbons (Fsp3) is 0.333. The van der Waals surface area contributed by atoms with Crippen molar-refractivity contribution in [1.29, 1.82) is 0 Å². The molecule has 0 saturated heterocycles. The summed E-state index contributed by atoms with van der Waals surface area (Å²) in [4.78, 5) is 31.7. The number of hydrogen-bond acceptors (Lipinski definition) is 3. The van der Waals surface area contributed by atoms with Gasteiger partial charge in [-0.2, -0.15) is 0 Å². The summed E-state index contributed by atoms with van der Waals surface area (Å²) in [5, 5.41) is 2.02. The highest BCUT2D eigenvalue weighted by Gasteiger charge is 2.29. The zero-order valence-corrected chi connectivity index (χ0v) is 19.9. The second kappa shape index (κ2) is 11.6. The van der Waals surface area contributed by atoms with E-state index in [0.717, 1.165) is 16.0 Å². The highest BCUT2D eigenvalue weighted by molar-refractivity contribution is 7.09. The van der Waals surface area contributed by atoms with Crippen LogP contribution >= 0.6 is 11.3 Å². The van der Waals surface area contributed by atoms with E-state index in [0.29, 0.717) is 19.5 Å². The molecule has 0 fully saturated rings. The summed E-state index contributed by atoms with van der Waals surface area (Å²) in [6.45, 7) is 7.12. The van der Waals surface area contributed by atoms with Gasteiger partial charge in [0.25, 0.3) is 0 Å². The molecular formula is C27H32N2O2S. The topological polar surface area (TPSA) is 40.6 Å². The number of carbonyl (C=O) groups excluding carboxylic acids is 2. The first-order valence-electron chi connectivity index (χ1n) is 11.2. The summed E-state index contributed by atoms with van der Waals surface area (Å²) in [6, 6.07) is 23.8. The number of rotatable bonds is 10. The van der Waals surface area contributed by atoms with Crippen LogP contribution in [0.1, 0.15) is 49.1 Å². The Labute approximate surface area is 195 Å². The summed E-state index contributed by atoms with van der Waals surface area (Å²) in [6.07, 6.45) is 0.698. The Morgan fingerprint density at radius 1 is 0.875 bits per heavy atom. The average Bonchev–Trinajstić information content (AvgIpc) is 3.31. The number of hydrogen-bond donors (Lipinski definition) is 0. The second-order valence-corrected chi connectivity index (χ2v) is 9.28. The Hall–Kier alpha value is -2.92. The molecule has 0 bridgehead atoms. The van der Waals surface area contributed by atoms with Crippen molar-refractivity contribution >= 4 is 23.2 Å². The zero-order chi connectivity index (χ0) is 22.9. The predicted molar refractivity (Wildman–Crippen MR) is 131 cm³/mol. The van der Waals surface area contributed by atoms with Crippen molar-refractivity contribution in [3.05, 3.63) is 94.2 Å². The summed E-state index contributed by atoms with van der Waals surface area (Å²) in [7, 11) is 0. The maximum atomic E-state index is 13.5. The van der Waals surface area contributed by atoms with Crippen molar-refractivity contribution in [3.63, 3.8) is 0 Å². The van der Waals surface area contributed by atoms with Crippen LogP contribution in [0.4, 0.5) is 0 Å². The van der Waals surface area contributed by atoms with Gasteiger partial charge in [0.15, 0.2) is 0 Å². The molecule has 0 aliphatic heterocycles. The van der Waals surface area contributed by atoms with E-state index in [4.69, 9.17) is 0 Å². The van der Waals surface area contributed by atoms with Gasteiger partial charge in [0.2, 0.25) is 11.8 Å². The second-order valence-electron chi connectivity index (χ2n) is 8.25. The number of nitrogens with zero attached hydrogens (tertiary/aromatic N) is 2. The third-order valence-electron chi connectivity index (χ3n) is 5.62. The van der Waals surface area contributed by atoms with E-state index in [1.165, 1.54) is 0 Å². The number of amides is 2. The monoisotopic (exact) mass is 448 g/mol. The number of carbonyl (C=O) groups is 2. The molecule has 0 N–H and O–H groups in total. The quantitative estimate of drug-likeness (QED) is 0.399. The lowest BCUT2D eigenvalue weighted by Crippen LogP contribution is -2.47. The molecule has 1 aromatic heterocycles. The minimum absolute atomic E-state index is 0.0119. The van der Waals surface area contributed by atoms with Crippen molar-refractivity contribution in [3.8, 4) is 0 Å². The smallest absolute Gasteiger partial charge is 0.242 e. The van der Waals surface area contributed by atoms with Gasteiger partial charge in [-0.25, -0.2) is 0 Å². The van der Waals surface area contributed by atoms with Crippen LogP contribution in [0.5, 0.6) is 0 Å². The molecule has 1 heterocycles. The molecule has 0 aliphatic rings. The van der Waals surface area contributed by atoms with Crippen LogP contribution in [0.25, 0.3) is 0 Å². The lowest BCUT2D eigenvalue weighted by Gasteiger charge is -2.32. The Bertz CT molecular complexity index is 971. The highest BCUT2D eigenvalue weighted by Crippen LogP contribution is 2.24. The third-order valence-corrected chi connectivity index (χ3v) is 6.48.